The Morgan fingerprint density at radius 3 is 1.71 bits per heavy atom. The molecule has 2 saturated carbocycles. The van der Waals surface area contributed by atoms with E-state index in [1.165, 1.54) is 0 Å². The fourth-order valence-corrected chi connectivity index (χ4v) is 3.93. The summed E-state index contributed by atoms with van der Waals surface area (Å²) in [6, 6.07) is 0. The summed E-state index contributed by atoms with van der Waals surface area (Å²) in [6.07, 6.45) is 3.54. The van der Waals surface area contributed by atoms with Crippen LogP contribution in [0.1, 0.15) is 59.3 Å². The van der Waals surface area contributed by atoms with Crippen LogP contribution >= 0.6 is 0 Å². The zero-order chi connectivity index (χ0) is 18.3. The summed E-state index contributed by atoms with van der Waals surface area (Å²) in [5, 5.41) is 27.3. The molecule has 6 heteroatoms. The predicted molar refractivity (Wildman–Crippen MR) is 89.3 cm³/mol. The van der Waals surface area contributed by atoms with E-state index in [0.717, 1.165) is 19.3 Å². The number of carbonyl (C=O) groups excluding carboxylic acids is 1. The van der Waals surface area contributed by atoms with Gasteiger partial charge < -0.3 is 20.1 Å². The van der Waals surface area contributed by atoms with Gasteiger partial charge in [0.05, 0.1) is 30.7 Å². The number of aliphatic hydroxyl groups is 2. The van der Waals surface area contributed by atoms with Crippen molar-refractivity contribution in [2.24, 2.45) is 23.7 Å². The molecule has 24 heavy (non-hydrogen) atoms. The number of carboxylic acid groups (broad SMARTS) is 1. The second kappa shape index (κ2) is 9.99. The van der Waals surface area contributed by atoms with Crippen LogP contribution in [0.15, 0.2) is 0 Å². The lowest BCUT2D eigenvalue weighted by molar-refractivity contribution is -0.149. The normalized spacial score (nSPS) is 35.2. The quantitative estimate of drug-likeness (QED) is 0.661. The Morgan fingerprint density at radius 1 is 0.875 bits per heavy atom. The summed E-state index contributed by atoms with van der Waals surface area (Å²) in [5.41, 5.74) is 0. The van der Waals surface area contributed by atoms with Crippen LogP contribution in [0, 0.1) is 23.7 Å². The van der Waals surface area contributed by atoms with E-state index < -0.39 is 5.97 Å². The van der Waals surface area contributed by atoms with Crippen LogP contribution in [-0.2, 0) is 14.3 Å². The third-order valence-electron chi connectivity index (χ3n) is 5.30. The number of hydrogen-bond acceptors (Lipinski definition) is 5. The Kier molecular flexibility index (Phi) is 8.70. The highest BCUT2D eigenvalue weighted by atomic mass is 16.5. The second-order valence-electron chi connectivity index (χ2n) is 6.89. The maximum absolute atomic E-state index is 11.4. The van der Waals surface area contributed by atoms with Gasteiger partial charge in [-0.3, -0.25) is 9.59 Å². The number of carboxylic acids is 1. The van der Waals surface area contributed by atoms with Gasteiger partial charge in [0.15, 0.2) is 0 Å². The predicted octanol–water partition coefficient (Wildman–Crippen LogP) is 2.21. The molecular formula is C18H32O6. The van der Waals surface area contributed by atoms with E-state index in [4.69, 9.17) is 9.84 Å². The highest BCUT2D eigenvalue weighted by Gasteiger charge is 2.38. The zero-order valence-corrected chi connectivity index (χ0v) is 15.0. The van der Waals surface area contributed by atoms with Crippen LogP contribution in [0.4, 0.5) is 0 Å². The lowest BCUT2D eigenvalue weighted by Gasteiger charge is -2.15. The molecular weight excluding hydrogens is 312 g/mol. The number of rotatable bonds is 5. The first-order valence-corrected chi connectivity index (χ1v) is 9.09. The van der Waals surface area contributed by atoms with Gasteiger partial charge in [0.2, 0.25) is 0 Å². The van der Waals surface area contributed by atoms with Crippen molar-refractivity contribution in [1.82, 2.24) is 0 Å². The number of hydrogen-bond donors (Lipinski definition) is 3. The van der Waals surface area contributed by atoms with Crippen LogP contribution in [0.2, 0.25) is 0 Å². The smallest absolute Gasteiger partial charge is 0.309 e. The first kappa shape index (κ1) is 20.9. The highest BCUT2D eigenvalue weighted by molar-refractivity contribution is 5.73. The van der Waals surface area contributed by atoms with Crippen molar-refractivity contribution in [2.45, 2.75) is 71.5 Å². The van der Waals surface area contributed by atoms with E-state index >= 15 is 0 Å². The molecule has 140 valence electrons. The Labute approximate surface area is 144 Å². The standard InChI is InChI=1S/C10H18O3.C8H14O3/c1-3-7-5-8(11)6-9(7)10(12)13-4-2;1-2-5-3-6(9)4-7(5)8(10)11/h7-9,11H,3-6H2,1-2H3;5-7,9H,2-4H2,1H3,(H,10,11)/t7-,8+,9+;5-,6+,7+/m11/s1. The topological polar surface area (TPSA) is 104 Å². The maximum Gasteiger partial charge on any atom is 0.309 e. The molecule has 6 nitrogen and oxygen atoms in total. The van der Waals surface area contributed by atoms with Crippen molar-refractivity contribution in [3.63, 3.8) is 0 Å². The van der Waals surface area contributed by atoms with E-state index in [1.807, 2.05) is 13.8 Å². The summed E-state index contributed by atoms with van der Waals surface area (Å²) >= 11 is 0. The molecule has 0 aromatic heterocycles. The van der Waals surface area contributed by atoms with Gasteiger partial charge in [0, 0.05) is 0 Å². The Hall–Kier alpha value is -1.14. The van der Waals surface area contributed by atoms with Crippen molar-refractivity contribution >= 4 is 11.9 Å². The number of aliphatic carboxylic acids is 1. The van der Waals surface area contributed by atoms with Crippen molar-refractivity contribution in [3.05, 3.63) is 0 Å². The van der Waals surface area contributed by atoms with E-state index in [2.05, 4.69) is 6.92 Å². The van der Waals surface area contributed by atoms with E-state index in [-0.39, 0.29) is 35.9 Å². The number of ether oxygens (including phenoxy) is 1. The Morgan fingerprint density at radius 2 is 1.33 bits per heavy atom. The van der Waals surface area contributed by atoms with Gasteiger partial charge in [-0.25, -0.2) is 0 Å². The monoisotopic (exact) mass is 344 g/mol. The molecule has 0 aromatic rings. The van der Waals surface area contributed by atoms with Crippen LogP contribution in [0.5, 0.6) is 0 Å². The first-order chi connectivity index (χ1) is 11.3. The molecule has 0 aromatic carbocycles. The fraction of sp³-hybridized carbons (Fsp3) is 0.889. The van der Waals surface area contributed by atoms with Crippen LogP contribution in [-0.4, -0.2) is 46.1 Å². The minimum absolute atomic E-state index is 0.0695. The molecule has 0 bridgehead atoms. The number of esters is 1. The Bertz CT molecular complexity index is 410. The van der Waals surface area contributed by atoms with Crippen molar-refractivity contribution in [1.29, 1.82) is 0 Å². The van der Waals surface area contributed by atoms with Crippen molar-refractivity contribution in [2.75, 3.05) is 6.61 Å². The minimum atomic E-state index is -0.756. The first-order valence-electron chi connectivity index (χ1n) is 9.09. The summed E-state index contributed by atoms with van der Waals surface area (Å²) in [6.45, 7) is 6.26. The van der Waals surface area contributed by atoms with Gasteiger partial charge in [-0.05, 0) is 44.4 Å². The maximum atomic E-state index is 11.4. The lowest BCUT2D eigenvalue weighted by atomic mass is 9.94. The summed E-state index contributed by atoms with van der Waals surface area (Å²) in [7, 11) is 0. The summed E-state index contributed by atoms with van der Waals surface area (Å²) < 4.78 is 4.96. The number of carbonyl (C=O) groups is 2. The van der Waals surface area contributed by atoms with Gasteiger partial charge in [-0.1, -0.05) is 26.7 Å². The molecule has 0 unspecified atom stereocenters. The number of aliphatic hydroxyl groups excluding tert-OH is 2. The van der Waals surface area contributed by atoms with Gasteiger partial charge in [0.1, 0.15) is 0 Å². The molecule has 2 aliphatic carbocycles. The molecule has 0 aliphatic heterocycles. The van der Waals surface area contributed by atoms with Gasteiger partial charge in [-0.15, -0.1) is 0 Å². The molecule has 3 N–H and O–H groups in total. The second-order valence-corrected chi connectivity index (χ2v) is 6.89. The molecule has 2 aliphatic rings. The molecule has 0 spiro atoms. The van der Waals surface area contributed by atoms with Crippen molar-refractivity contribution < 1.29 is 29.6 Å². The lowest BCUT2D eigenvalue weighted by Crippen LogP contribution is -2.21. The molecule has 6 atom stereocenters. The zero-order valence-electron chi connectivity index (χ0n) is 15.0. The summed E-state index contributed by atoms with van der Waals surface area (Å²) in [5.74, 6) is -0.772. The molecule has 0 heterocycles. The van der Waals surface area contributed by atoms with Crippen molar-refractivity contribution in [3.8, 4) is 0 Å². The van der Waals surface area contributed by atoms with Crippen LogP contribution < -0.4 is 0 Å². The molecule has 2 fully saturated rings. The third-order valence-corrected chi connectivity index (χ3v) is 5.30. The molecule has 0 radical (unpaired) electrons. The van der Waals surface area contributed by atoms with E-state index in [1.54, 1.807) is 0 Å². The van der Waals surface area contributed by atoms with Gasteiger partial charge in [0.25, 0.3) is 0 Å². The molecule has 2 rings (SSSR count). The van der Waals surface area contributed by atoms with E-state index in [0.29, 0.717) is 31.8 Å². The van der Waals surface area contributed by atoms with Gasteiger partial charge >= 0.3 is 11.9 Å². The van der Waals surface area contributed by atoms with Gasteiger partial charge in [-0.2, -0.15) is 0 Å². The fourth-order valence-electron chi connectivity index (χ4n) is 3.93. The largest absolute Gasteiger partial charge is 0.481 e. The third kappa shape index (κ3) is 5.74. The van der Waals surface area contributed by atoms with Crippen LogP contribution in [0.25, 0.3) is 0 Å². The SMILES string of the molecule is CCOC(=O)[C@H]1C[C@@H](O)C[C@H]1CC.CC[C@@H]1C[C@H](O)C[C@@H]1C(=O)O. The van der Waals surface area contributed by atoms with E-state index in [9.17, 15) is 19.8 Å². The Balaban J connectivity index is 0.000000243. The average Bonchev–Trinajstić information content (AvgIpc) is 3.10. The average molecular weight is 344 g/mol. The highest BCUT2D eigenvalue weighted by Crippen LogP contribution is 2.35. The molecule has 0 amide bonds. The molecule has 0 saturated heterocycles. The van der Waals surface area contributed by atoms with Crippen LogP contribution in [0.3, 0.4) is 0 Å². The summed E-state index contributed by atoms with van der Waals surface area (Å²) in [4.78, 5) is 22.0. The minimum Gasteiger partial charge on any atom is -0.481 e.